The highest BCUT2D eigenvalue weighted by Gasteiger charge is 2.44. The van der Waals surface area contributed by atoms with Crippen molar-refractivity contribution in [3.05, 3.63) is 74.8 Å². The van der Waals surface area contributed by atoms with Crippen molar-refractivity contribution in [2.24, 2.45) is 4.99 Å². The second-order valence-corrected chi connectivity index (χ2v) is 12.7. The predicted molar refractivity (Wildman–Crippen MR) is 142 cm³/mol. The highest BCUT2D eigenvalue weighted by Crippen LogP contribution is 2.46. The zero-order valence-corrected chi connectivity index (χ0v) is 23.2. The van der Waals surface area contributed by atoms with Gasteiger partial charge < -0.3 is 4.90 Å². The van der Waals surface area contributed by atoms with Crippen molar-refractivity contribution in [2.45, 2.75) is 37.4 Å². The fraction of sp³-hybridized carbons (Fsp3) is 0.375. The van der Waals surface area contributed by atoms with E-state index in [4.69, 9.17) is 16.6 Å². The number of amidine groups is 1. The molecule has 1 N–H and O–H groups in total. The van der Waals surface area contributed by atoms with Gasteiger partial charge in [0.25, 0.3) is 10.2 Å². The van der Waals surface area contributed by atoms with Gasteiger partial charge in [0.15, 0.2) is 10.8 Å². The Morgan fingerprint density at radius 3 is 2.51 bits per heavy atom. The molecule has 0 saturated carbocycles. The molecule has 2 aromatic heterocycles. The van der Waals surface area contributed by atoms with Crippen molar-refractivity contribution in [1.29, 1.82) is 0 Å². The molecule has 0 aliphatic carbocycles. The molecule has 3 aromatic rings. The molecule has 0 radical (unpaired) electrons. The van der Waals surface area contributed by atoms with Crippen LogP contribution in [-0.4, -0.2) is 76.2 Å². The van der Waals surface area contributed by atoms with Crippen LogP contribution in [0.4, 0.5) is 22.0 Å². The van der Waals surface area contributed by atoms with Gasteiger partial charge in [0, 0.05) is 71.7 Å². The van der Waals surface area contributed by atoms with Crippen LogP contribution in [0, 0.1) is 5.82 Å². The maximum absolute atomic E-state index is 14.0. The molecule has 218 valence electrons. The molecule has 0 spiro atoms. The average molecular weight is 634 g/mol. The standard InChI is InChI=1S/C24H21ClF5N7O2S2/c25-15-7-12(26)1-2-14(15)21-20(18-3-5-37(33-18)24(29)30)19-8-13(9-36(19)22(32-21)23-31-4-6-40-23)34-41(38,39)35-10-16(27)17(28)11-35/h1-7,13,16-17,21,24,34H,8-11H2/t13-,16-,17-,21-/m0/s1. The fourth-order valence-corrected chi connectivity index (χ4v) is 7.52. The Hall–Kier alpha value is -2.92. The number of aliphatic imine (C=N–C) groups is 1. The van der Waals surface area contributed by atoms with E-state index in [2.05, 4.69) is 14.8 Å². The third-order valence-electron chi connectivity index (χ3n) is 7.03. The maximum atomic E-state index is 14.0. The van der Waals surface area contributed by atoms with E-state index in [1.165, 1.54) is 29.5 Å². The number of benzene rings is 1. The Kier molecular flexibility index (Phi) is 7.38. The number of hydrogen-bond donors (Lipinski definition) is 1. The Morgan fingerprint density at radius 2 is 1.88 bits per heavy atom. The summed E-state index contributed by atoms with van der Waals surface area (Å²) in [6, 6.07) is 3.42. The second-order valence-electron chi connectivity index (χ2n) is 9.66. The Balaban J connectivity index is 1.46. The lowest BCUT2D eigenvalue weighted by atomic mass is 9.92. The summed E-state index contributed by atoms with van der Waals surface area (Å²) in [6.07, 6.45) is -1.13. The van der Waals surface area contributed by atoms with Crippen LogP contribution in [-0.2, 0) is 10.2 Å². The number of alkyl halides is 4. The van der Waals surface area contributed by atoms with Crippen LogP contribution in [0.15, 0.2) is 52.7 Å². The lowest BCUT2D eigenvalue weighted by Gasteiger charge is -2.32. The molecule has 0 unspecified atom stereocenters. The smallest absolute Gasteiger partial charge is 0.326 e. The largest absolute Gasteiger partial charge is 0.333 e. The molecule has 2 saturated heterocycles. The number of halogens is 6. The van der Waals surface area contributed by atoms with E-state index in [1.54, 1.807) is 16.5 Å². The highest BCUT2D eigenvalue weighted by molar-refractivity contribution is 7.87. The molecule has 2 fully saturated rings. The molecule has 17 heteroatoms. The summed E-state index contributed by atoms with van der Waals surface area (Å²) in [5, 5.41) is 6.30. The van der Waals surface area contributed by atoms with Crippen molar-refractivity contribution in [2.75, 3.05) is 19.6 Å². The van der Waals surface area contributed by atoms with Crippen molar-refractivity contribution in [1.82, 2.24) is 28.7 Å². The van der Waals surface area contributed by atoms with Gasteiger partial charge in [-0.2, -0.15) is 31.3 Å². The summed E-state index contributed by atoms with van der Waals surface area (Å²) in [5.74, 6) is -0.215. The first kappa shape index (κ1) is 28.2. The van der Waals surface area contributed by atoms with Crippen LogP contribution in [0.3, 0.4) is 0 Å². The van der Waals surface area contributed by atoms with Gasteiger partial charge in [-0.3, -0.25) is 4.99 Å². The Morgan fingerprint density at radius 1 is 1.12 bits per heavy atom. The van der Waals surface area contributed by atoms with E-state index in [0.29, 0.717) is 32.4 Å². The van der Waals surface area contributed by atoms with Crippen LogP contribution in [0.5, 0.6) is 0 Å². The number of nitrogens with zero attached hydrogens (tertiary/aromatic N) is 6. The molecule has 5 heterocycles. The molecule has 0 amide bonds. The first-order valence-electron chi connectivity index (χ1n) is 12.3. The molecular weight excluding hydrogens is 613 g/mol. The molecule has 3 aliphatic rings. The van der Waals surface area contributed by atoms with Crippen LogP contribution in [0.1, 0.15) is 35.3 Å². The fourth-order valence-electron chi connectivity index (χ4n) is 5.21. The summed E-state index contributed by atoms with van der Waals surface area (Å²) in [6.45, 7) is -4.08. The third kappa shape index (κ3) is 5.27. The van der Waals surface area contributed by atoms with Gasteiger partial charge in [-0.15, -0.1) is 11.3 Å². The molecule has 9 nitrogen and oxygen atoms in total. The van der Waals surface area contributed by atoms with E-state index < -0.39 is 60.1 Å². The minimum atomic E-state index is -4.27. The summed E-state index contributed by atoms with van der Waals surface area (Å²) in [7, 11) is -4.27. The monoisotopic (exact) mass is 633 g/mol. The SMILES string of the molecule is O=S(=O)(N[C@H]1CC2=C(c3ccn(C(F)F)n3)[C@H](c3ccc(F)cc3Cl)N=C(c3nccs3)N2C1)N1C[C@H](F)[C@@H](F)C1. The quantitative estimate of drug-likeness (QED) is 0.391. The molecule has 3 aliphatic heterocycles. The summed E-state index contributed by atoms with van der Waals surface area (Å²) < 4.78 is 98.3. The Labute approximate surface area is 240 Å². The van der Waals surface area contributed by atoms with Crippen LogP contribution in [0.25, 0.3) is 5.57 Å². The summed E-state index contributed by atoms with van der Waals surface area (Å²) in [5.41, 5.74) is 1.39. The van der Waals surface area contributed by atoms with E-state index >= 15 is 0 Å². The predicted octanol–water partition coefficient (Wildman–Crippen LogP) is 4.34. The van der Waals surface area contributed by atoms with Crippen LogP contribution in [0.2, 0.25) is 5.02 Å². The molecule has 4 atom stereocenters. The van der Waals surface area contributed by atoms with E-state index in [-0.39, 0.29) is 23.7 Å². The van der Waals surface area contributed by atoms with Gasteiger partial charge in [0.05, 0.1) is 5.69 Å². The van der Waals surface area contributed by atoms with Gasteiger partial charge in [0.1, 0.15) is 24.2 Å². The van der Waals surface area contributed by atoms with Crippen molar-refractivity contribution in [3.63, 3.8) is 0 Å². The number of hydrogen-bond acceptors (Lipinski definition) is 7. The van der Waals surface area contributed by atoms with Gasteiger partial charge in [-0.25, -0.2) is 22.8 Å². The van der Waals surface area contributed by atoms with Crippen LogP contribution < -0.4 is 4.72 Å². The zero-order chi connectivity index (χ0) is 29.1. The number of fused-ring (bicyclic) bond motifs is 1. The number of rotatable bonds is 7. The minimum Gasteiger partial charge on any atom is -0.326 e. The third-order valence-corrected chi connectivity index (χ3v) is 9.73. The number of thiazole rings is 1. The van der Waals surface area contributed by atoms with Crippen molar-refractivity contribution < 1.29 is 30.4 Å². The lowest BCUT2D eigenvalue weighted by molar-refractivity contribution is 0.0564. The van der Waals surface area contributed by atoms with Gasteiger partial charge in [0.2, 0.25) is 0 Å². The van der Waals surface area contributed by atoms with Gasteiger partial charge in [-0.1, -0.05) is 17.7 Å². The first-order chi connectivity index (χ1) is 19.5. The van der Waals surface area contributed by atoms with Gasteiger partial charge >= 0.3 is 6.55 Å². The van der Waals surface area contributed by atoms with Crippen LogP contribution >= 0.6 is 22.9 Å². The normalized spacial score (nSPS) is 25.3. The Bertz CT molecular complexity index is 1620. The molecular formula is C24H21ClF5N7O2S2. The van der Waals surface area contributed by atoms with E-state index in [0.717, 1.165) is 16.6 Å². The average Bonchev–Trinajstić information content (AvgIpc) is 3.71. The second kappa shape index (κ2) is 10.7. The first-order valence-corrected chi connectivity index (χ1v) is 15.0. The van der Waals surface area contributed by atoms with E-state index in [9.17, 15) is 30.4 Å². The highest BCUT2D eigenvalue weighted by atomic mass is 35.5. The van der Waals surface area contributed by atoms with Crippen molar-refractivity contribution >= 4 is 44.6 Å². The van der Waals surface area contributed by atoms with Gasteiger partial charge in [-0.05, 0) is 18.2 Å². The number of aromatic nitrogens is 3. The summed E-state index contributed by atoms with van der Waals surface area (Å²) in [4.78, 5) is 10.9. The lowest BCUT2D eigenvalue weighted by Crippen LogP contribution is -2.46. The number of nitrogens with one attached hydrogen (secondary N) is 1. The zero-order valence-electron chi connectivity index (χ0n) is 20.8. The molecule has 6 rings (SSSR count). The van der Waals surface area contributed by atoms with E-state index in [1.807, 2.05) is 0 Å². The summed E-state index contributed by atoms with van der Waals surface area (Å²) >= 11 is 7.71. The molecule has 41 heavy (non-hydrogen) atoms. The molecule has 0 bridgehead atoms. The molecule has 1 aromatic carbocycles. The van der Waals surface area contributed by atoms with Crippen molar-refractivity contribution in [3.8, 4) is 0 Å². The maximum Gasteiger partial charge on any atom is 0.333 e. The minimum absolute atomic E-state index is 0.0444. The topological polar surface area (TPSA) is 95.7 Å².